The summed E-state index contributed by atoms with van der Waals surface area (Å²) >= 11 is 0. The van der Waals surface area contributed by atoms with Gasteiger partial charge >= 0.3 is 6.01 Å². The van der Waals surface area contributed by atoms with Gasteiger partial charge in [0, 0.05) is 23.4 Å². The van der Waals surface area contributed by atoms with Crippen LogP contribution in [0.4, 0.5) is 10.1 Å². The van der Waals surface area contributed by atoms with Gasteiger partial charge in [-0.1, -0.05) is 6.07 Å². The highest BCUT2D eigenvalue weighted by Gasteiger charge is 2.15. The van der Waals surface area contributed by atoms with Crippen molar-refractivity contribution in [2.75, 3.05) is 32.2 Å². The van der Waals surface area contributed by atoms with Gasteiger partial charge in [-0.3, -0.25) is 4.79 Å². The number of halogens is 1. The van der Waals surface area contributed by atoms with Crippen LogP contribution in [0.5, 0.6) is 11.8 Å². The van der Waals surface area contributed by atoms with Gasteiger partial charge < -0.3 is 19.5 Å². The molecule has 0 bridgehead atoms. The van der Waals surface area contributed by atoms with Crippen molar-refractivity contribution in [1.29, 1.82) is 0 Å². The van der Waals surface area contributed by atoms with E-state index in [0.29, 0.717) is 37.0 Å². The van der Waals surface area contributed by atoms with Crippen molar-refractivity contribution in [3.63, 3.8) is 0 Å². The number of rotatable bonds is 10. The van der Waals surface area contributed by atoms with Gasteiger partial charge in [0.25, 0.3) is 5.91 Å². The first kappa shape index (κ1) is 23.9. The minimum absolute atomic E-state index is 0.221. The maximum absolute atomic E-state index is 13.4. The number of hydrogen-bond acceptors (Lipinski definition) is 6. The lowest BCUT2D eigenvalue weighted by atomic mass is 10.2. The molecule has 1 N–H and O–H groups in total. The van der Waals surface area contributed by atoms with Gasteiger partial charge in [0.2, 0.25) is 0 Å². The summed E-state index contributed by atoms with van der Waals surface area (Å²) in [6, 6.07) is 20.3. The summed E-state index contributed by atoms with van der Waals surface area (Å²) in [4.78, 5) is 17.0. The summed E-state index contributed by atoms with van der Waals surface area (Å²) in [5, 5.41) is 7.28. The van der Waals surface area contributed by atoms with Crippen molar-refractivity contribution in [3.05, 3.63) is 84.2 Å². The number of nitrogens with one attached hydrogen (secondary N) is 1. The Balaban J connectivity index is 1.58. The summed E-state index contributed by atoms with van der Waals surface area (Å²) in [6.07, 6.45) is 0. The van der Waals surface area contributed by atoms with Crippen LogP contribution in [0.15, 0.2) is 72.8 Å². The first-order valence-electron chi connectivity index (χ1n) is 11.1. The molecular formula is C26H25FN4O4. The molecule has 4 aromatic rings. The smallest absolute Gasteiger partial charge is 0.336 e. The molecule has 0 fully saturated rings. The summed E-state index contributed by atoms with van der Waals surface area (Å²) < 4.78 is 31.3. The highest BCUT2D eigenvalue weighted by Crippen LogP contribution is 2.26. The maximum Gasteiger partial charge on any atom is 0.336 e. The second-order valence-electron chi connectivity index (χ2n) is 7.42. The van der Waals surface area contributed by atoms with E-state index < -0.39 is 11.7 Å². The fourth-order valence-corrected chi connectivity index (χ4v) is 3.32. The number of ether oxygens (including phenoxy) is 3. The zero-order valence-electron chi connectivity index (χ0n) is 19.4. The van der Waals surface area contributed by atoms with Gasteiger partial charge in [0.15, 0.2) is 5.82 Å². The molecule has 180 valence electrons. The third-order valence-corrected chi connectivity index (χ3v) is 5.06. The lowest BCUT2D eigenvalue weighted by Crippen LogP contribution is -2.12. The van der Waals surface area contributed by atoms with E-state index in [4.69, 9.17) is 14.2 Å². The van der Waals surface area contributed by atoms with E-state index in [0.717, 1.165) is 11.3 Å². The fraction of sp³-hybridized carbons (Fsp3) is 0.192. The number of aromatic nitrogens is 3. The average molecular weight is 477 g/mol. The van der Waals surface area contributed by atoms with Crippen LogP contribution in [0.3, 0.4) is 0 Å². The third-order valence-electron chi connectivity index (χ3n) is 5.06. The van der Waals surface area contributed by atoms with Crippen LogP contribution in [0, 0.1) is 5.82 Å². The molecule has 0 aliphatic carbocycles. The Bertz CT molecular complexity index is 1270. The standard InChI is InChI=1S/C26H25FN4O4/c1-3-34-15-16-35-26-29-24(18-7-13-23(33-2)14-8-18)31(30-26)22-11-9-21(10-12-22)28-25(32)19-5-4-6-20(27)17-19/h4-14,17H,3,15-16H2,1-2H3,(H,28,32). The summed E-state index contributed by atoms with van der Waals surface area (Å²) in [7, 11) is 1.61. The maximum atomic E-state index is 13.4. The van der Waals surface area contributed by atoms with Crippen LogP contribution in [0.1, 0.15) is 17.3 Å². The largest absolute Gasteiger partial charge is 0.497 e. The molecule has 0 radical (unpaired) electrons. The van der Waals surface area contributed by atoms with Crippen molar-refractivity contribution in [1.82, 2.24) is 14.8 Å². The van der Waals surface area contributed by atoms with Crippen LogP contribution < -0.4 is 14.8 Å². The van der Waals surface area contributed by atoms with E-state index in [1.807, 2.05) is 31.2 Å². The number of benzene rings is 3. The Hall–Kier alpha value is -4.24. The number of amides is 1. The van der Waals surface area contributed by atoms with Crippen molar-refractivity contribution in [2.45, 2.75) is 6.92 Å². The number of carbonyl (C=O) groups is 1. The van der Waals surface area contributed by atoms with Gasteiger partial charge in [-0.25, -0.2) is 9.07 Å². The van der Waals surface area contributed by atoms with E-state index in [-0.39, 0.29) is 11.6 Å². The Kier molecular flexibility index (Phi) is 7.69. The van der Waals surface area contributed by atoms with Gasteiger partial charge in [0.1, 0.15) is 18.2 Å². The van der Waals surface area contributed by atoms with Crippen LogP contribution in [0.25, 0.3) is 17.1 Å². The Morgan fingerprint density at radius 2 is 1.80 bits per heavy atom. The highest BCUT2D eigenvalue weighted by molar-refractivity contribution is 6.04. The van der Waals surface area contributed by atoms with E-state index in [1.165, 1.54) is 18.2 Å². The Morgan fingerprint density at radius 1 is 1.03 bits per heavy atom. The van der Waals surface area contributed by atoms with Crippen LogP contribution in [-0.2, 0) is 4.74 Å². The summed E-state index contributed by atoms with van der Waals surface area (Å²) in [5.41, 5.74) is 2.33. The number of methoxy groups -OCH3 is 1. The first-order chi connectivity index (χ1) is 17.1. The SMILES string of the molecule is CCOCCOc1nc(-c2ccc(OC)cc2)n(-c2ccc(NC(=O)c3cccc(F)c3)cc2)n1. The number of anilines is 1. The van der Waals surface area contributed by atoms with Crippen molar-refractivity contribution >= 4 is 11.6 Å². The molecule has 0 aliphatic heterocycles. The molecule has 3 aromatic carbocycles. The van der Waals surface area contributed by atoms with Crippen molar-refractivity contribution < 1.29 is 23.4 Å². The number of nitrogens with zero attached hydrogens (tertiary/aromatic N) is 3. The molecule has 9 heteroatoms. The van der Waals surface area contributed by atoms with Crippen LogP contribution in [0.2, 0.25) is 0 Å². The zero-order chi connectivity index (χ0) is 24.6. The number of hydrogen-bond donors (Lipinski definition) is 1. The minimum Gasteiger partial charge on any atom is -0.497 e. The first-order valence-corrected chi connectivity index (χ1v) is 11.1. The molecule has 0 saturated heterocycles. The van der Waals surface area contributed by atoms with E-state index in [1.54, 1.807) is 42.1 Å². The van der Waals surface area contributed by atoms with E-state index in [2.05, 4.69) is 15.4 Å². The van der Waals surface area contributed by atoms with Crippen molar-refractivity contribution in [3.8, 4) is 28.8 Å². The number of carbonyl (C=O) groups excluding carboxylic acids is 1. The van der Waals surface area contributed by atoms with E-state index in [9.17, 15) is 9.18 Å². The molecule has 0 unspecified atom stereocenters. The third kappa shape index (κ3) is 6.01. The Labute approximate surface area is 202 Å². The summed E-state index contributed by atoms with van der Waals surface area (Å²) in [6.45, 7) is 3.27. The van der Waals surface area contributed by atoms with Gasteiger partial charge in [0.05, 0.1) is 19.4 Å². The molecule has 0 spiro atoms. The van der Waals surface area contributed by atoms with Crippen molar-refractivity contribution in [2.24, 2.45) is 0 Å². The molecule has 1 aromatic heterocycles. The zero-order valence-corrected chi connectivity index (χ0v) is 19.4. The molecule has 35 heavy (non-hydrogen) atoms. The Morgan fingerprint density at radius 3 is 2.49 bits per heavy atom. The molecule has 1 heterocycles. The quantitative estimate of drug-likeness (QED) is 0.333. The molecule has 4 rings (SSSR count). The summed E-state index contributed by atoms with van der Waals surface area (Å²) in [5.74, 6) is 0.438. The predicted octanol–water partition coefficient (Wildman–Crippen LogP) is 4.75. The molecule has 0 atom stereocenters. The van der Waals surface area contributed by atoms with Gasteiger partial charge in [-0.15, -0.1) is 5.10 Å². The molecule has 0 saturated carbocycles. The van der Waals surface area contributed by atoms with Crippen LogP contribution in [-0.4, -0.2) is 47.6 Å². The normalized spacial score (nSPS) is 10.7. The monoisotopic (exact) mass is 476 g/mol. The second-order valence-corrected chi connectivity index (χ2v) is 7.42. The average Bonchev–Trinajstić information content (AvgIpc) is 3.31. The fourth-order valence-electron chi connectivity index (χ4n) is 3.32. The lowest BCUT2D eigenvalue weighted by Gasteiger charge is -2.09. The molecule has 1 amide bonds. The van der Waals surface area contributed by atoms with Gasteiger partial charge in [-0.05, 0) is 73.7 Å². The predicted molar refractivity (Wildman–Crippen MR) is 130 cm³/mol. The second kappa shape index (κ2) is 11.3. The molecule has 0 aliphatic rings. The van der Waals surface area contributed by atoms with Gasteiger partial charge in [-0.2, -0.15) is 4.98 Å². The minimum atomic E-state index is -0.468. The topological polar surface area (TPSA) is 87.5 Å². The van der Waals surface area contributed by atoms with E-state index >= 15 is 0 Å². The molecular weight excluding hydrogens is 451 g/mol. The lowest BCUT2D eigenvalue weighted by molar-refractivity contribution is 0.102. The molecule has 8 nitrogen and oxygen atoms in total. The highest BCUT2D eigenvalue weighted by atomic mass is 19.1. The van der Waals surface area contributed by atoms with Crippen LogP contribution >= 0.6 is 0 Å².